The molecule has 3 aromatic carbocycles. The number of ether oxygens (including phenoxy) is 3. The van der Waals surface area contributed by atoms with Crippen molar-refractivity contribution in [2.75, 3.05) is 20.8 Å². The summed E-state index contributed by atoms with van der Waals surface area (Å²) in [5.74, 6) is 0.463. The fourth-order valence-corrected chi connectivity index (χ4v) is 2.95. The third kappa shape index (κ3) is 7.21. The van der Waals surface area contributed by atoms with Crippen LogP contribution in [-0.2, 0) is 21.0 Å². The van der Waals surface area contributed by atoms with Crippen LogP contribution in [0, 0.1) is 0 Å². The standard InChI is InChI=1S/C26H25NO6/c1-30-26(29)16-25(28)21-10-14-23(15-11-21)32-17-19-8-12-22(13-9-19)33-18-24(27-31-2)20-6-4-3-5-7-20/h3-15H,16-18H2,1-2H3/b27-24+. The average Bonchev–Trinajstić information content (AvgIpc) is 2.86. The number of carbonyl (C=O) groups excluding carboxylic acids is 2. The molecule has 0 fully saturated rings. The predicted octanol–water partition coefficient (Wildman–Crippen LogP) is 4.44. The van der Waals surface area contributed by atoms with Gasteiger partial charge in [0.05, 0.1) is 7.11 Å². The van der Waals surface area contributed by atoms with Gasteiger partial charge >= 0.3 is 5.97 Å². The first-order valence-electron chi connectivity index (χ1n) is 10.3. The van der Waals surface area contributed by atoms with E-state index in [0.717, 1.165) is 11.1 Å². The lowest BCUT2D eigenvalue weighted by atomic mass is 10.1. The summed E-state index contributed by atoms with van der Waals surface area (Å²) >= 11 is 0. The van der Waals surface area contributed by atoms with Crippen molar-refractivity contribution in [3.8, 4) is 11.5 Å². The predicted molar refractivity (Wildman–Crippen MR) is 124 cm³/mol. The first kappa shape index (κ1) is 23.5. The summed E-state index contributed by atoms with van der Waals surface area (Å²) in [7, 11) is 2.76. The maximum atomic E-state index is 12.0. The van der Waals surface area contributed by atoms with Gasteiger partial charge in [0.2, 0.25) is 0 Å². The molecule has 0 spiro atoms. The Balaban J connectivity index is 1.51. The molecule has 7 nitrogen and oxygen atoms in total. The number of Topliss-reactive ketones (excluding diaryl/α,β-unsaturated/α-hetero) is 1. The highest BCUT2D eigenvalue weighted by atomic mass is 16.6. The Kier molecular flexibility index (Phi) is 8.59. The fraction of sp³-hybridized carbons (Fsp3) is 0.192. The third-order valence-corrected chi connectivity index (χ3v) is 4.72. The Hall–Kier alpha value is -4.13. The van der Waals surface area contributed by atoms with Gasteiger partial charge in [-0.3, -0.25) is 9.59 Å². The van der Waals surface area contributed by atoms with E-state index in [1.807, 2.05) is 54.6 Å². The molecule has 0 aliphatic carbocycles. The van der Waals surface area contributed by atoms with E-state index in [-0.39, 0.29) is 18.8 Å². The minimum absolute atomic E-state index is 0.273. The normalized spacial score (nSPS) is 10.9. The number of benzene rings is 3. The third-order valence-electron chi connectivity index (χ3n) is 4.72. The first-order chi connectivity index (χ1) is 16.1. The molecule has 0 N–H and O–H groups in total. The van der Waals surface area contributed by atoms with E-state index >= 15 is 0 Å². The summed E-state index contributed by atoms with van der Waals surface area (Å²) in [4.78, 5) is 28.1. The number of hydrogen-bond acceptors (Lipinski definition) is 7. The van der Waals surface area contributed by atoms with Gasteiger partial charge in [0.1, 0.15) is 44.0 Å². The van der Waals surface area contributed by atoms with Crippen LogP contribution in [0.1, 0.15) is 27.9 Å². The van der Waals surface area contributed by atoms with E-state index in [4.69, 9.17) is 14.3 Å². The van der Waals surface area contributed by atoms with Crippen molar-refractivity contribution in [1.29, 1.82) is 0 Å². The quantitative estimate of drug-likeness (QED) is 0.142. The van der Waals surface area contributed by atoms with E-state index in [0.29, 0.717) is 29.4 Å². The van der Waals surface area contributed by atoms with Crippen LogP contribution in [0.3, 0.4) is 0 Å². The number of carbonyl (C=O) groups is 2. The number of nitrogens with zero attached hydrogens (tertiary/aromatic N) is 1. The molecule has 0 amide bonds. The van der Waals surface area contributed by atoms with Crippen molar-refractivity contribution < 1.29 is 28.6 Å². The molecule has 0 radical (unpaired) electrons. The van der Waals surface area contributed by atoms with Gasteiger partial charge in [0, 0.05) is 11.1 Å². The molecule has 0 unspecified atom stereocenters. The molecule has 33 heavy (non-hydrogen) atoms. The molecule has 3 rings (SSSR count). The SMILES string of the molecule is CO/N=C(\COc1ccc(COc2ccc(C(=O)CC(=O)OC)cc2)cc1)c1ccccc1. The number of methoxy groups -OCH3 is 1. The Labute approximate surface area is 192 Å². The molecule has 170 valence electrons. The maximum Gasteiger partial charge on any atom is 0.313 e. The van der Waals surface area contributed by atoms with E-state index in [9.17, 15) is 9.59 Å². The summed E-state index contributed by atoms with van der Waals surface area (Å²) in [5, 5.41) is 4.05. The van der Waals surface area contributed by atoms with Gasteiger partial charge in [0.25, 0.3) is 0 Å². The molecule has 0 saturated heterocycles. The van der Waals surface area contributed by atoms with Gasteiger partial charge < -0.3 is 19.0 Å². The molecule has 0 aliphatic heterocycles. The fourth-order valence-electron chi connectivity index (χ4n) is 2.95. The minimum atomic E-state index is -0.560. The zero-order valence-electron chi connectivity index (χ0n) is 18.5. The molecule has 0 aliphatic rings. The Morgan fingerprint density at radius 1 is 0.758 bits per heavy atom. The second kappa shape index (κ2) is 12.0. The minimum Gasteiger partial charge on any atom is -0.489 e. The highest BCUT2D eigenvalue weighted by Gasteiger charge is 2.12. The lowest BCUT2D eigenvalue weighted by molar-refractivity contribution is -0.139. The van der Waals surface area contributed by atoms with Crippen molar-refractivity contribution in [3.05, 3.63) is 95.6 Å². The van der Waals surface area contributed by atoms with Crippen LogP contribution < -0.4 is 9.47 Å². The Morgan fingerprint density at radius 3 is 2.03 bits per heavy atom. The summed E-state index contributed by atoms with van der Waals surface area (Å²) in [5.41, 5.74) is 3.02. The van der Waals surface area contributed by atoms with Gasteiger partial charge in [-0.15, -0.1) is 0 Å². The Morgan fingerprint density at radius 2 is 1.39 bits per heavy atom. The summed E-state index contributed by atoms with van der Waals surface area (Å²) in [6, 6.07) is 23.9. The number of oxime groups is 1. The van der Waals surface area contributed by atoms with Crippen LogP contribution in [0.15, 0.2) is 84.0 Å². The largest absolute Gasteiger partial charge is 0.489 e. The molecule has 0 bridgehead atoms. The van der Waals surface area contributed by atoms with Crippen LogP contribution in [0.2, 0.25) is 0 Å². The first-order valence-corrected chi connectivity index (χ1v) is 10.3. The molecule has 7 heteroatoms. The number of hydrogen-bond donors (Lipinski definition) is 0. The lowest BCUT2D eigenvalue weighted by Gasteiger charge is -2.10. The second-order valence-electron chi connectivity index (χ2n) is 7.01. The van der Waals surface area contributed by atoms with Gasteiger partial charge in [-0.25, -0.2) is 0 Å². The number of ketones is 1. The van der Waals surface area contributed by atoms with Crippen LogP contribution >= 0.6 is 0 Å². The molecule has 0 aromatic heterocycles. The van der Waals surface area contributed by atoms with Crippen LogP contribution in [0.5, 0.6) is 11.5 Å². The summed E-state index contributed by atoms with van der Waals surface area (Å²) in [6.45, 7) is 0.630. The highest BCUT2D eigenvalue weighted by molar-refractivity contribution is 6.06. The number of esters is 1. The average molecular weight is 447 g/mol. The molecular weight excluding hydrogens is 422 g/mol. The van der Waals surface area contributed by atoms with E-state index in [1.165, 1.54) is 14.2 Å². The molecular formula is C26H25NO6. The van der Waals surface area contributed by atoms with Crippen molar-refractivity contribution in [3.63, 3.8) is 0 Å². The smallest absolute Gasteiger partial charge is 0.313 e. The second-order valence-corrected chi connectivity index (χ2v) is 7.01. The van der Waals surface area contributed by atoms with Gasteiger partial charge in [0.15, 0.2) is 5.78 Å². The number of rotatable bonds is 11. The van der Waals surface area contributed by atoms with Crippen molar-refractivity contribution >= 4 is 17.5 Å². The van der Waals surface area contributed by atoms with E-state index < -0.39 is 5.97 Å². The topological polar surface area (TPSA) is 83.4 Å². The van der Waals surface area contributed by atoms with Crippen LogP contribution in [0.25, 0.3) is 0 Å². The van der Waals surface area contributed by atoms with E-state index in [2.05, 4.69) is 9.89 Å². The van der Waals surface area contributed by atoms with Gasteiger partial charge in [-0.05, 0) is 42.0 Å². The highest BCUT2D eigenvalue weighted by Crippen LogP contribution is 2.18. The Bertz CT molecular complexity index is 1080. The monoisotopic (exact) mass is 447 g/mol. The summed E-state index contributed by atoms with van der Waals surface area (Å²) in [6.07, 6.45) is -0.282. The van der Waals surface area contributed by atoms with Crippen molar-refractivity contribution in [2.45, 2.75) is 13.0 Å². The molecule has 0 atom stereocenters. The molecule has 0 saturated carbocycles. The van der Waals surface area contributed by atoms with Gasteiger partial charge in [-0.1, -0.05) is 47.6 Å². The zero-order valence-corrected chi connectivity index (χ0v) is 18.5. The molecule has 0 heterocycles. The molecule has 3 aromatic rings. The van der Waals surface area contributed by atoms with E-state index in [1.54, 1.807) is 24.3 Å². The van der Waals surface area contributed by atoms with Crippen LogP contribution in [-0.4, -0.2) is 38.3 Å². The summed E-state index contributed by atoms with van der Waals surface area (Å²) < 4.78 is 16.1. The van der Waals surface area contributed by atoms with Crippen LogP contribution in [0.4, 0.5) is 0 Å². The maximum absolute atomic E-state index is 12.0. The van der Waals surface area contributed by atoms with Crippen molar-refractivity contribution in [2.24, 2.45) is 5.16 Å². The van der Waals surface area contributed by atoms with Crippen molar-refractivity contribution in [1.82, 2.24) is 0 Å². The lowest BCUT2D eigenvalue weighted by Crippen LogP contribution is -2.13. The van der Waals surface area contributed by atoms with Gasteiger partial charge in [-0.2, -0.15) is 0 Å². The zero-order chi connectivity index (χ0) is 23.5.